The summed E-state index contributed by atoms with van der Waals surface area (Å²) in [7, 11) is 0. The summed E-state index contributed by atoms with van der Waals surface area (Å²) in [5.41, 5.74) is 2.09. The second-order valence-corrected chi connectivity index (χ2v) is 5.84. The number of likely N-dealkylation sites (tertiary alicyclic amines) is 1. The smallest absolute Gasteiger partial charge is 0.335 e. The first-order valence-electron chi connectivity index (χ1n) is 7.62. The SMILES string of the molecule is C=C(C)N1CCC(c2nc(-c3ccc(C(=O)O)cc3)no2)CC1. The summed E-state index contributed by atoms with van der Waals surface area (Å²) in [6, 6.07) is 6.47. The van der Waals surface area contributed by atoms with Crippen LogP contribution in [0.15, 0.2) is 41.1 Å². The molecule has 0 unspecified atom stereocenters. The first-order chi connectivity index (χ1) is 11.0. The quantitative estimate of drug-likeness (QED) is 0.934. The molecule has 23 heavy (non-hydrogen) atoms. The molecule has 0 amide bonds. The minimum atomic E-state index is -0.949. The summed E-state index contributed by atoms with van der Waals surface area (Å²) >= 11 is 0. The third-order valence-electron chi connectivity index (χ3n) is 4.22. The molecule has 0 aliphatic carbocycles. The monoisotopic (exact) mass is 313 g/mol. The van der Waals surface area contributed by atoms with Gasteiger partial charge in [0.05, 0.1) is 5.56 Å². The highest BCUT2D eigenvalue weighted by molar-refractivity contribution is 5.88. The van der Waals surface area contributed by atoms with Gasteiger partial charge in [0.25, 0.3) is 0 Å². The van der Waals surface area contributed by atoms with Crippen LogP contribution in [0.3, 0.4) is 0 Å². The maximum absolute atomic E-state index is 10.9. The first-order valence-corrected chi connectivity index (χ1v) is 7.62. The van der Waals surface area contributed by atoms with Crippen LogP contribution in [0.25, 0.3) is 11.4 Å². The molecule has 0 atom stereocenters. The van der Waals surface area contributed by atoms with Crippen LogP contribution in [-0.2, 0) is 0 Å². The molecule has 2 heterocycles. The van der Waals surface area contributed by atoms with Gasteiger partial charge >= 0.3 is 5.97 Å². The van der Waals surface area contributed by atoms with E-state index in [1.54, 1.807) is 24.3 Å². The number of aromatic carboxylic acids is 1. The summed E-state index contributed by atoms with van der Waals surface area (Å²) in [6.07, 6.45) is 1.93. The molecule has 1 aromatic carbocycles. The lowest BCUT2D eigenvalue weighted by Gasteiger charge is -2.32. The van der Waals surface area contributed by atoms with E-state index >= 15 is 0 Å². The fourth-order valence-corrected chi connectivity index (χ4v) is 2.79. The summed E-state index contributed by atoms with van der Waals surface area (Å²) in [6.45, 7) is 7.89. The molecule has 1 aliphatic rings. The van der Waals surface area contributed by atoms with Gasteiger partial charge in [0.15, 0.2) is 0 Å². The molecule has 0 bridgehead atoms. The van der Waals surface area contributed by atoms with Crippen molar-refractivity contribution in [3.05, 3.63) is 48.0 Å². The number of aromatic nitrogens is 2. The van der Waals surface area contributed by atoms with Crippen LogP contribution in [0, 0.1) is 0 Å². The van der Waals surface area contributed by atoms with E-state index in [0.29, 0.717) is 11.7 Å². The van der Waals surface area contributed by atoms with E-state index in [9.17, 15) is 4.79 Å². The molecular weight excluding hydrogens is 294 g/mol. The lowest BCUT2D eigenvalue weighted by molar-refractivity contribution is 0.0697. The Labute approximate surface area is 134 Å². The van der Waals surface area contributed by atoms with Gasteiger partial charge in [-0.2, -0.15) is 4.98 Å². The number of rotatable bonds is 4. The van der Waals surface area contributed by atoms with Crippen molar-refractivity contribution >= 4 is 5.97 Å². The van der Waals surface area contributed by atoms with E-state index in [1.807, 2.05) is 6.92 Å². The number of nitrogens with zero attached hydrogens (tertiary/aromatic N) is 3. The zero-order chi connectivity index (χ0) is 16.4. The third-order valence-corrected chi connectivity index (χ3v) is 4.22. The Hall–Kier alpha value is -2.63. The van der Waals surface area contributed by atoms with Crippen molar-refractivity contribution in [2.45, 2.75) is 25.7 Å². The molecule has 3 rings (SSSR count). The number of carbonyl (C=O) groups is 1. The van der Waals surface area contributed by atoms with E-state index in [0.717, 1.165) is 37.2 Å². The van der Waals surface area contributed by atoms with Gasteiger partial charge in [-0.05, 0) is 31.9 Å². The van der Waals surface area contributed by atoms with Gasteiger partial charge in [-0.1, -0.05) is 23.9 Å². The van der Waals surface area contributed by atoms with Crippen LogP contribution in [0.2, 0.25) is 0 Å². The number of hydrogen-bond donors (Lipinski definition) is 1. The van der Waals surface area contributed by atoms with Crippen molar-refractivity contribution in [3.63, 3.8) is 0 Å². The Morgan fingerprint density at radius 1 is 1.30 bits per heavy atom. The molecule has 0 spiro atoms. The standard InChI is InChI=1S/C17H19N3O3/c1-11(2)20-9-7-13(8-10-20)16-18-15(19-23-16)12-3-5-14(6-4-12)17(21)22/h3-6,13H,1,7-10H2,2H3,(H,21,22). The second kappa shape index (κ2) is 6.24. The molecule has 1 N–H and O–H groups in total. The maximum atomic E-state index is 10.9. The fraction of sp³-hybridized carbons (Fsp3) is 0.353. The number of carboxylic acids is 1. The van der Waals surface area contributed by atoms with Crippen LogP contribution in [0.4, 0.5) is 0 Å². The number of benzene rings is 1. The van der Waals surface area contributed by atoms with Crippen molar-refractivity contribution in [2.75, 3.05) is 13.1 Å². The summed E-state index contributed by atoms with van der Waals surface area (Å²) in [5.74, 6) is 0.475. The number of hydrogen-bond acceptors (Lipinski definition) is 5. The van der Waals surface area contributed by atoms with E-state index in [4.69, 9.17) is 9.63 Å². The Kier molecular flexibility index (Phi) is 4.14. The molecule has 2 aromatic rings. The van der Waals surface area contributed by atoms with Crippen molar-refractivity contribution in [1.82, 2.24) is 15.0 Å². The lowest BCUT2D eigenvalue weighted by Crippen LogP contribution is -2.31. The van der Waals surface area contributed by atoms with E-state index in [1.165, 1.54) is 0 Å². The van der Waals surface area contributed by atoms with Crippen LogP contribution in [0.1, 0.15) is 41.9 Å². The molecule has 120 valence electrons. The van der Waals surface area contributed by atoms with Crippen LogP contribution >= 0.6 is 0 Å². The van der Waals surface area contributed by atoms with E-state index < -0.39 is 5.97 Å². The molecule has 6 heteroatoms. The van der Waals surface area contributed by atoms with Gasteiger partial charge in [-0.15, -0.1) is 0 Å². The van der Waals surface area contributed by atoms with Gasteiger partial charge in [0.2, 0.25) is 11.7 Å². The molecular formula is C17H19N3O3. The average Bonchev–Trinajstić information content (AvgIpc) is 3.05. The van der Waals surface area contributed by atoms with Crippen molar-refractivity contribution in [1.29, 1.82) is 0 Å². The minimum absolute atomic E-state index is 0.240. The Balaban J connectivity index is 1.71. The first kappa shape index (κ1) is 15.3. The van der Waals surface area contributed by atoms with Gasteiger partial charge in [-0.25, -0.2) is 4.79 Å². The summed E-state index contributed by atoms with van der Waals surface area (Å²) < 4.78 is 5.41. The maximum Gasteiger partial charge on any atom is 0.335 e. The van der Waals surface area contributed by atoms with Gasteiger partial charge in [-0.3, -0.25) is 0 Å². The predicted octanol–water partition coefficient (Wildman–Crippen LogP) is 3.15. The van der Waals surface area contributed by atoms with Gasteiger partial charge < -0.3 is 14.5 Å². The Bertz CT molecular complexity index is 713. The largest absolute Gasteiger partial charge is 0.478 e. The molecule has 1 aromatic heterocycles. The molecule has 1 fully saturated rings. The zero-order valence-electron chi connectivity index (χ0n) is 13.0. The molecule has 0 saturated carbocycles. The molecule has 0 radical (unpaired) electrons. The number of piperidine rings is 1. The zero-order valence-corrected chi connectivity index (χ0v) is 13.0. The second-order valence-electron chi connectivity index (χ2n) is 5.84. The topological polar surface area (TPSA) is 79.5 Å². The average molecular weight is 313 g/mol. The van der Waals surface area contributed by atoms with Crippen molar-refractivity contribution < 1.29 is 14.4 Å². The third kappa shape index (κ3) is 3.26. The van der Waals surface area contributed by atoms with Crippen molar-refractivity contribution in [3.8, 4) is 11.4 Å². The molecule has 6 nitrogen and oxygen atoms in total. The highest BCUT2D eigenvalue weighted by Gasteiger charge is 2.25. The predicted molar refractivity (Wildman–Crippen MR) is 85.1 cm³/mol. The van der Waals surface area contributed by atoms with Crippen molar-refractivity contribution in [2.24, 2.45) is 0 Å². The van der Waals surface area contributed by atoms with Crippen LogP contribution in [-0.4, -0.2) is 39.2 Å². The fourth-order valence-electron chi connectivity index (χ4n) is 2.79. The highest BCUT2D eigenvalue weighted by Crippen LogP contribution is 2.29. The molecule has 1 aliphatic heterocycles. The minimum Gasteiger partial charge on any atom is -0.478 e. The van der Waals surface area contributed by atoms with E-state index in [2.05, 4.69) is 21.6 Å². The van der Waals surface area contributed by atoms with Crippen LogP contribution in [0.5, 0.6) is 0 Å². The number of carboxylic acid groups (broad SMARTS) is 1. The Morgan fingerprint density at radius 3 is 2.52 bits per heavy atom. The normalized spacial score (nSPS) is 15.6. The number of allylic oxidation sites excluding steroid dienone is 1. The summed E-state index contributed by atoms with van der Waals surface area (Å²) in [5, 5.41) is 12.9. The van der Waals surface area contributed by atoms with Gasteiger partial charge in [0, 0.05) is 30.3 Å². The lowest BCUT2D eigenvalue weighted by atomic mass is 9.96. The van der Waals surface area contributed by atoms with E-state index in [-0.39, 0.29) is 11.5 Å². The molecule has 1 saturated heterocycles. The van der Waals surface area contributed by atoms with Crippen LogP contribution < -0.4 is 0 Å². The Morgan fingerprint density at radius 2 is 1.96 bits per heavy atom. The summed E-state index contributed by atoms with van der Waals surface area (Å²) in [4.78, 5) is 17.6. The van der Waals surface area contributed by atoms with Gasteiger partial charge in [0.1, 0.15) is 0 Å². The highest BCUT2D eigenvalue weighted by atomic mass is 16.5.